The fraction of sp³-hybridized carbons (Fsp3) is 0.750. The maximum absolute atomic E-state index is 12.4. The molecule has 2 N–H and O–H groups in total. The van der Waals surface area contributed by atoms with Crippen LogP contribution in [0.2, 0.25) is 0 Å². The molecule has 2 amide bonds. The van der Waals surface area contributed by atoms with Gasteiger partial charge in [0.2, 0.25) is 0 Å². The molecule has 1 aliphatic carbocycles. The Labute approximate surface area is 136 Å². The number of rotatable bonds is 5. The number of urea groups is 1. The lowest BCUT2D eigenvalue weighted by molar-refractivity contribution is 0.133. The van der Waals surface area contributed by atoms with Gasteiger partial charge >= 0.3 is 6.03 Å². The van der Waals surface area contributed by atoms with E-state index in [4.69, 9.17) is 0 Å². The van der Waals surface area contributed by atoms with Crippen molar-refractivity contribution in [2.24, 2.45) is 5.92 Å². The van der Waals surface area contributed by atoms with Crippen molar-refractivity contribution in [3.8, 4) is 0 Å². The molecule has 0 aromatic carbocycles. The molecule has 1 unspecified atom stereocenters. The number of hydrogen-bond acceptors (Lipinski definition) is 4. The van der Waals surface area contributed by atoms with Crippen molar-refractivity contribution in [1.29, 1.82) is 0 Å². The highest BCUT2D eigenvalue weighted by atomic mass is 32.1. The minimum absolute atomic E-state index is 0.0341. The third-order valence-corrected chi connectivity index (χ3v) is 5.90. The second-order valence-corrected chi connectivity index (χ2v) is 7.30. The molecular weight excluding hydrogens is 298 g/mol. The number of aromatic nitrogens is 1. The predicted octanol–water partition coefficient (Wildman–Crippen LogP) is 2.96. The number of nitrogens with one attached hydrogen (secondary N) is 1. The lowest BCUT2D eigenvalue weighted by Crippen LogP contribution is -2.45. The SMILES string of the molecule is CCc1cnc(C(C)NC(=O)N(C)C2CCC(CO)CC2)s1. The molecule has 1 aromatic rings. The highest BCUT2D eigenvalue weighted by molar-refractivity contribution is 7.11. The zero-order valence-corrected chi connectivity index (χ0v) is 14.5. The fourth-order valence-corrected chi connectivity index (χ4v) is 3.78. The molecule has 22 heavy (non-hydrogen) atoms. The number of thiazole rings is 1. The van der Waals surface area contributed by atoms with Crippen LogP contribution in [-0.4, -0.2) is 40.7 Å². The van der Waals surface area contributed by atoms with Gasteiger partial charge in [-0.1, -0.05) is 6.92 Å². The molecule has 1 saturated carbocycles. The van der Waals surface area contributed by atoms with Crippen LogP contribution in [0.5, 0.6) is 0 Å². The Morgan fingerprint density at radius 3 is 2.73 bits per heavy atom. The van der Waals surface area contributed by atoms with Gasteiger partial charge in [-0.15, -0.1) is 11.3 Å². The topological polar surface area (TPSA) is 65.5 Å². The molecule has 0 saturated heterocycles. The van der Waals surface area contributed by atoms with Gasteiger partial charge in [0.1, 0.15) is 5.01 Å². The minimum Gasteiger partial charge on any atom is -0.396 e. The third kappa shape index (κ3) is 4.20. The largest absolute Gasteiger partial charge is 0.396 e. The average molecular weight is 325 g/mol. The third-order valence-electron chi connectivity index (χ3n) is 4.57. The molecule has 0 aliphatic heterocycles. The highest BCUT2D eigenvalue weighted by Gasteiger charge is 2.27. The van der Waals surface area contributed by atoms with E-state index in [9.17, 15) is 9.90 Å². The summed E-state index contributed by atoms with van der Waals surface area (Å²) in [7, 11) is 1.87. The number of aliphatic hydroxyl groups excluding tert-OH is 1. The van der Waals surface area contributed by atoms with Crippen LogP contribution in [0.1, 0.15) is 55.5 Å². The van der Waals surface area contributed by atoms with Gasteiger partial charge in [-0.2, -0.15) is 0 Å². The van der Waals surface area contributed by atoms with E-state index in [0.29, 0.717) is 5.92 Å². The van der Waals surface area contributed by atoms with Crippen LogP contribution in [0.4, 0.5) is 4.79 Å². The molecule has 1 heterocycles. The molecule has 1 atom stereocenters. The van der Waals surface area contributed by atoms with E-state index in [2.05, 4.69) is 17.2 Å². The van der Waals surface area contributed by atoms with Crippen LogP contribution in [-0.2, 0) is 6.42 Å². The molecule has 1 aliphatic rings. The van der Waals surface area contributed by atoms with Gasteiger partial charge in [-0.3, -0.25) is 0 Å². The normalized spacial score (nSPS) is 23.1. The summed E-state index contributed by atoms with van der Waals surface area (Å²) in [6, 6.07) is 0.180. The monoisotopic (exact) mass is 325 g/mol. The van der Waals surface area contributed by atoms with Gasteiger partial charge in [0.15, 0.2) is 0 Å². The average Bonchev–Trinajstić information content (AvgIpc) is 3.03. The van der Waals surface area contributed by atoms with Gasteiger partial charge in [0.05, 0.1) is 6.04 Å². The van der Waals surface area contributed by atoms with Gasteiger partial charge in [-0.25, -0.2) is 9.78 Å². The van der Waals surface area contributed by atoms with E-state index < -0.39 is 0 Å². The van der Waals surface area contributed by atoms with Crippen LogP contribution in [0, 0.1) is 5.92 Å². The molecule has 1 fully saturated rings. The Kier molecular flexibility index (Phi) is 6.20. The van der Waals surface area contributed by atoms with Gasteiger partial charge < -0.3 is 15.3 Å². The van der Waals surface area contributed by atoms with Crippen molar-refractivity contribution < 1.29 is 9.90 Å². The first kappa shape index (κ1) is 17.2. The maximum Gasteiger partial charge on any atom is 0.317 e. The summed E-state index contributed by atoms with van der Waals surface area (Å²) in [4.78, 5) is 19.8. The molecule has 0 radical (unpaired) electrons. The van der Waals surface area contributed by atoms with Gasteiger partial charge in [-0.05, 0) is 44.9 Å². The van der Waals surface area contributed by atoms with Gasteiger partial charge in [0, 0.05) is 30.8 Å². The molecule has 2 rings (SSSR count). The summed E-state index contributed by atoms with van der Waals surface area (Å²) in [5, 5.41) is 13.2. The predicted molar refractivity (Wildman–Crippen MR) is 89.0 cm³/mol. The zero-order chi connectivity index (χ0) is 16.1. The van der Waals surface area contributed by atoms with E-state index in [1.165, 1.54) is 4.88 Å². The number of aliphatic hydroxyl groups is 1. The van der Waals surface area contributed by atoms with Crippen LogP contribution < -0.4 is 5.32 Å². The first-order chi connectivity index (χ1) is 10.5. The quantitative estimate of drug-likeness (QED) is 0.875. The van der Waals surface area contributed by atoms with Gasteiger partial charge in [0.25, 0.3) is 0 Å². The highest BCUT2D eigenvalue weighted by Crippen LogP contribution is 2.27. The van der Waals surface area contributed by atoms with Crippen LogP contribution in [0.25, 0.3) is 0 Å². The summed E-state index contributed by atoms with van der Waals surface area (Å²) in [6.07, 6.45) is 6.82. The molecule has 5 nitrogen and oxygen atoms in total. The minimum atomic E-state index is -0.0611. The van der Waals surface area contributed by atoms with Crippen molar-refractivity contribution in [3.63, 3.8) is 0 Å². The Bertz CT molecular complexity index is 483. The summed E-state index contributed by atoms with van der Waals surface area (Å²) in [6.45, 7) is 4.35. The summed E-state index contributed by atoms with van der Waals surface area (Å²) >= 11 is 1.66. The fourth-order valence-electron chi connectivity index (χ4n) is 2.92. The Morgan fingerprint density at radius 1 is 1.50 bits per heavy atom. The van der Waals surface area contributed by atoms with Crippen LogP contribution in [0.15, 0.2) is 6.20 Å². The number of nitrogens with zero attached hydrogens (tertiary/aromatic N) is 2. The van der Waals surface area contributed by atoms with Crippen LogP contribution >= 0.6 is 11.3 Å². The summed E-state index contributed by atoms with van der Waals surface area (Å²) in [5.74, 6) is 0.411. The Morgan fingerprint density at radius 2 is 2.18 bits per heavy atom. The lowest BCUT2D eigenvalue weighted by Gasteiger charge is -2.34. The van der Waals surface area contributed by atoms with Crippen molar-refractivity contribution in [2.45, 2.75) is 58.0 Å². The van der Waals surface area contributed by atoms with Crippen molar-refractivity contribution >= 4 is 17.4 Å². The molecule has 124 valence electrons. The van der Waals surface area contributed by atoms with E-state index in [-0.39, 0.29) is 24.7 Å². The Hall–Kier alpha value is -1.14. The second kappa shape index (κ2) is 7.92. The number of carbonyl (C=O) groups is 1. The molecule has 6 heteroatoms. The molecule has 0 bridgehead atoms. The number of amides is 2. The number of hydrogen-bond donors (Lipinski definition) is 2. The van der Waals surface area contributed by atoms with Crippen LogP contribution in [0.3, 0.4) is 0 Å². The van der Waals surface area contributed by atoms with E-state index in [0.717, 1.165) is 37.1 Å². The van der Waals surface area contributed by atoms with Crippen molar-refractivity contribution in [2.75, 3.05) is 13.7 Å². The lowest BCUT2D eigenvalue weighted by atomic mass is 9.86. The zero-order valence-electron chi connectivity index (χ0n) is 13.7. The smallest absolute Gasteiger partial charge is 0.317 e. The first-order valence-electron chi connectivity index (χ1n) is 8.13. The Balaban J connectivity index is 1.85. The summed E-state index contributed by atoms with van der Waals surface area (Å²) < 4.78 is 0. The van der Waals surface area contributed by atoms with Crippen molar-refractivity contribution in [1.82, 2.24) is 15.2 Å². The molecular formula is C16H27N3O2S. The maximum atomic E-state index is 12.4. The first-order valence-corrected chi connectivity index (χ1v) is 8.95. The molecule has 0 spiro atoms. The summed E-state index contributed by atoms with van der Waals surface area (Å²) in [5.41, 5.74) is 0. The number of carbonyl (C=O) groups excluding carboxylic acids is 1. The van der Waals surface area contributed by atoms with E-state index >= 15 is 0 Å². The molecule has 1 aromatic heterocycles. The van der Waals surface area contributed by atoms with E-state index in [1.54, 1.807) is 11.3 Å². The standard InChI is InChI=1S/C16H27N3O2S/c1-4-14-9-17-15(22-14)11(2)18-16(21)19(3)13-7-5-12(10-20)6-8-13/h9,11-13,20H,4-8,10H2,1-3H3,(H,18,21). The number of aryl methyl sites for hydroxylation is 1. The van der Waals surface area contributed by atoms with Crippen molar-refractivity contribution in [3.05, 3.63) is 16.1 Å². The second-order valence-electron chi connectivity index (χ2n) is 6.16. The van der Waals surface area contributed by atoms with E-state index in [1.807, 2.05) is 25.1 Å².